The Bertz CT molecular complexity index is 757. The SMILES string of the molecule is CCC(=O)N1CCCN(C(=O)c2cc(-c3ccc(F)cc3)n[nH]2)CC1. The molecule has 3 rings (SSSR count). The fraction of sp³-hybridized carbons (Fsp3) is 0.389. The van der Waals surface area contributed by atoms with Crippen LogP contribution < -0.4 is 0 Å². The van der Waals surface area contributed by atoms with Crippen molar-refractivity contribution in [1.29, 1.82) is 0 Å². The molecule has 0 spiro atoms. The number of halogens is 1. The van der Waals surface area contributed by atoms with Crippen molar-refractivity contribution in [3.05, 3.63) is 41.8 Å². The topological polar surface area (TPSA) is 69.3 Å². The molecule has 2 aromatic rings. The summed E-state index contributed by atoms with van der Waals surface area (Å²) in [5.74, 6) is -0.326. The van der Waals surface area contributed by atoms with E-state index in [1.807, 2.05) is 11.8 Å². The number of nitrogens with zero attached hydrogens (tertiary/aromatic N) is 3. The summed E-state index contributed by atoms with van der Waals surface area (Å²) in [6.07, 6.45) is 1.24. The molecule has 0 radical (unpaired) electrons. The fourth-order valence-corrected chi connectivity index (χ4v) is 2.96. The average molecular weight is 344 g/mol. The van der Waals surface area contributed by atoms with Crippen LogP contribution in [-0.4, -0.2) is 58.0 Å². The maximum Gasteiger partial charge on any atom is 0.271 e. The molecule has 0 unspecified atom stereocenters. The number of benzene rings is 1. The Hall–Kier alpha value is -2.70. The first-order chi connectivity index (χ1) is 12.1. The lowest BCUT2D eigenvalue weighted by atomic mass is 10.1. The number of nitrogens with one attached hydrogen (secondary N) is 1. The third-order valence-corrected chi connectivity index (χ3v) is 4.39. The maximum atomic E-state index is 13.0. The van der Waals surface area contributed by atoms with Gasteiger partial charge in [-0.15, -0.1) is 0 Å². The van der Waals surface area contributed by atoms with Crippen LogP contribution in [-0.2, 0) is 4.79 Å². The van der Waals surface area contributed by atoms with Crippen LogP contribution in [0.25, 0.3) is 11.3 Å². The molecule has 0 aliphatic carbocycles. The monoisotopic (exact) mass is 344 g/mol. The van der Waals surface area contributed by atoms with Crippen LogP contribution in [0.4, 0.5) is 4.39 Å². The minimum Gasteiger partial charge on any atom is -0.341 e. The highest BCUT2D eigenvalue weighted by Crippen LogP contribution is 2.19. The standard InChI is InChI=1S/C18H21FN4O2/c1-2-17(24)22-8-3-9-23(11-10-22)18(25)16-12-15(20-21-16)13-4-6-14(19)7-5-13/h4-7,12H,2-3,8-11H2,1H3,(H,20,21). The van der Waals surface area contributed by atoms with Gasteiger partial charge in [-0.25, -0.2) is 4.39 Å². The molecule has 1 aliphatic heterocycles. The lowest BCUT2D eigenvalue weighted by Gasteiger charge is -2.21. The molecule has 2 amide bonds. The molecule has 2 heterocycles. The van der Waals surface area contributed by atoms with Gasteiger partial charge in [0, 0.05) is 38.2 Å². The first-order valence-corrected chi connectivity index (χ1v) is 8.47. The maximum absolute atomic E-state index is 13.0. The number of H-pyrrole nitrogens is 1. The van der Waals surface area contributed by atoms with E-state index in [9.17, 15) is 14.0 Å². The van der Waals surface area contributed by atoms with E-state index in [2.05, 4.69) is 10.2 Å². The van der Waals surface area contributed by atoms with E-state index in [0.717, 1.165) is 12.0 Å². The van der Waals surface area contributed by atoms with Gasteiger partial charge in [0.05, 0.1) is 5.69 Å². The van der Waals surface area contributed by atoms with Gasteiger partial charge < -0.3 is 9.80 Å². The van der Waals surface area contributed by atoms with Crippen molar-refractivity contribution in [1.82, 2.24) is 20.0 Å². The van der Waals surface area contributed by atoms with Crippen LogP contribution in [0, 0.1) is 5.82 Å². The highest BCUT2D eigenvalue weighted by molar-refractivity contribution is 5.93. The molecular formula is C18H21FN4O2. The summed E-state index contributed by atoms with van der Waals surface area (Å²) in [5, 5.41) is 6.92. The van der Waals surface area contributed by atoms with Crippen molar-refractivity contribution >= 4 is 11.8 Å². The van der Waals surface area contributed by atoms with Crippen LogP contribution in [0.1, 0.15) is 30.3 Å². The van der Waals surface area contributed by atoms with Crippen molar-refractivity contribution in [3.8, 4) is 11.3 Å². The van der Waals surface area contributed by atoms with E-state index < -0.39 is 0 Å². The normalized spacial score (nSPS) is 15.1. The lowest BCUT2D eigenvalue weighted by Crippen LogP contribution is -2.37. The lowest BCUT2D eigenvalue weighted by molar-refractivity contribution is -0.130. The molecule has 132 valence electrons. The van der Waals surface area contributed by atoms with Crippen LogP contribution >= 0.6 is 0 Å². The molecule has 1 fully saturated rings. The zero-order valence-corrected chi connectivity index (χ0v) is 14.2. The van der Waals surface area contributed by atoms with Gasteiger partial charge in [-0.2, -0.15) is 5.10 Å². The molecular weight excluding hydrogens is 323 g/mol. The predicted molar refractivity (Wildman–Crippen MR) is 91.4 cm³/mol. The van der Waals surface area contributed by atoms with Crippen LogP contribution in [0.5, 0.6) is 0 Å². The average Bonchev–Trinajstić information content (AvgIpc) is 2.99. The zero-order chi connectivity index (χ0) is 17.8. The number of carbonyl (C=O) groups is 2. The van der Waals surface area contributed by atoms with Crippen LogP contribution in [0.2, 0.25) is 0 Å². The molecule has 1 N–H and O–H groups in total. The Morgan fingerprint density at radius 2 is 1.80 bits per heavy atom. The largest absolute Gasteiger partial charge is 0.341 e. The Labute approximate surface area is 145 Å². The number of aromatic amines is 1. The van der Waals surface area contributed by atoms with Gasteiger partial charge in [-0.05, 0) is 36.8 Å². The summed E-state index contributed by atoms with van der Waals surface area (Å²) < 4.78 is 13.0. The number of hydrogen-bond acceptors (Lipinski definition) is 3. The molecule has 6 nitrogen and oxygen atoms in total. The van der Waals surface area contributed by atoms with E-state index in [1.54, 1.807) is 23.1 Å². The number of aromatic nitrogens is 2. The Morgan fingerprint density at radius 3 is 2.52 bits per heavy atom. The Kier molecular flexibility index (Phi) is 5.11. The van der Waals surface area contributed by atoms with Gasteiger partial charge in [0.2, 0.25) is 5.91 Å². The van der Waals surface area contributed by atoms with Crippen molar-refractivity contribution in [2.75, 3.05) is 26.2 Å². The van der Waals surface area contributed by atoms with Gasteiger partial charge in [-0.3, -0.25) is 14.7 Å². The van der Waals surface area contributed by atoms with E-state index in [0.29, 0.717) is 44.0 Å². The first kappa shape index (κ1) is 17.1. The minimum absolute atomic E-state index is 0.120. The number of amides is 2. The summed E-state index contributed by atoms with van der Waals surface area (Å²) >= 11 is 0. The van der Waals surface area contributed by atoms with E-state index >= 15 is 0 Å². The smallest absolute Gasteiger partial charge is 0.271 e. The number of carbonyl (C=O) groups excluding carboxylic acids is 2. The van der Waals surface area contributed by atoms with Gasteiger partial charge in [-0.1, -0.05) is 6.92 Å². The summed E-state index contributed by atoms with van der Waals surface area (Å²) in [7, 11) is 0. The summed E-state index contributed by atoms with van der Waals surface area (Å²) in [4.78, 5) is 28.1. The molecule has 0 bridgehead atoms. The third kappa shape index (κ3) is 3.87. The Morgan fingerprint density at radius 1 is 1.12 bits per heavy atom. The van der Waals surface area contributed by atoms with E-state index in [1.165, 1.54) is 12.1 Å². The molecule has 0 saturated carbocycles. The van der Waals surface area contributed by atoms with Crippen molar-refractivity contribution in [2.24, 2.45) is 0 Å². The highest BCUT2D eigenvalue weighted by atomic mass is 19.1. The summed E-state index contributed by atoms with van der Waals surface area (Å²) in [6.45, 7) is 4.20. The van der Waals surface area contributed by atoms with Crippen LogP contribution in [0.15, 0.2) is 30.3 Å². The molecule has 1 saturated heterocycles. The predicted octanol–water partition coefficient (Wildman–Crippen LogP) is 2.30. The number of rotatable bonds is 3. The third-order valence-electron chi connectivity index (χ3n) is 4.39. The van der Waals surface area contributed by atoms with Crippen molar-refractivity contribution in [3.63, 3.8) is 0 Å². The number of hydrogen-bond donors (Lipinski definition) is 1. The van der Waals surface area contributed by atoms with E-state index in [4.69, 9.17) is 0 Å². The van der Waals surface area contributed by atoms with Crippen molar-refractivity contribution in [2.45, 2.75) is 19.8 Å². The Balaban J connectivity index is 1.69. The van der Waals surface area contributed by atoms with Crippen molar-refractivity contribution < 1.29 is 14.0 Å². The van der Waals surface area contributed by atoms with Gasteiger partial charge in [0.1, 0.15) is 11.5 Å². The molecule has 1 aliphatic rings. The van der Waals surface area contributed by atoms with Gasteiger partial charge in [0.25, 0.3) is 5.91 Å². The molecule has 1 aromatic carbocycles. The molecule has 25 heavy (non-hydrogen) atoms. The van der Waals surface area contributed by atoms with Gasteiger partial charge in [0.15, 0.2) is 0 Å². The second-order valence-electron chi connectivity index (χ2n) is 6.05. The van der Waals surface area contributed by atoms with Gasteiger partial charge >= 0.3 is 0 Å². The second kappa shape index (κ2) is 7.46. The molecule has 0 atom stereocenters. The molecule has 7 heteroatoms. The second-order valence-corrected chi connectivity index (χ2v) is 6.05. The van der Waals surface area contributed by atoms with Crippen LogP contribution in [0.3, 0.4) is 0 Å². The summed E-state index contributed by atoms with van der Waals surface area (Å²) in [6, 6.07) is 7.65. The highest BCUT2D eigenvalue weighted by Gasteiger charge is 2.23. The minimum atomic E-state index is -0.314. The summed E-state index contributed by atoms with van der Waals surface area (Å²) in [5.41, 5.74) is 1.74. The quantitative estimate of drug-likeness (QED) is 0.929. The zero-order valence-electron chi connectivity index (χ0n) is 14.2. The molecule has 1 aromatic heterocycles. The first-order valence-electron chi connectivity index (χ1n) is 8.47. The van der Waals surface area contributed by atoms with E-state index in [-0.39, 0.29) is 17.6 Å². The fourth-order valence-electron chi connectivity index (χ4n) is 2.96.